The predicted molar refractivity (Wildman–Crippen MR) is 230 cm³/mol. The fraction of sp³-hybridized carbons (Fsp3) is 0.378. The monoisotopic (exact) mass is 828 g/mol. The molecule has 0 unspecified atom stereocenters. The van der Waals surface area contributed by atoms with Gasteiger partial charge in [0.05, 0.1) is 28.7 Å². The van der Waals surface area contributed by atoms with Crippen molar-refractivity contribution in [2.75, 3.05) is 6.61 Å². The second-order valence-electron chi connectivity index (χ2n) is 17.4. The number of fused-ring (bicyclic) bond motifs is 2. The van der Waals surface area contributed by atoms with Gasteiger partial charge in [-0.3, -0.25) is 10.1 Å². The number of carbonyl (C=O) groups is 1. The van der Waals surface area contributed by atoms with Crippen LogP contribution < -0.4 is 0 Å². The molecule has 0 spiro atoms. The van der Waals surface area contributed by atoms with E-state index in [2.05, 4.69) is 71.2 Å². The lowest BCUT2D eigenvalue weighted by Crippen LogP contribution is -2.51. The molecule has 4 heterocycles. The first-order chi connectivity index (χ1) is 28.8. The van der Waals surface area contributed by atoms with Crippen LogP contribution in [0.3, 0.4) is 0 Å². The molecule has 0 bridgehead atoms. The zero-order chi connectivity index (χ0) is 42.0. The van der Waals surface area contributed by atoms with Crippen molar-refractivity contribution < 1.29 is 23.9 Å². The first-order valence-electron chi connectivity index (χ1n) is 20.5. The van der Waals surface area contributed by atoms with E-state index < -0.39 is 43.1 Å². The molecule has 8 rings (SSSR count). The molecule has 4 atom stereocenters. The molecule has 0 aliphatic carbocycles. The highest BCUT2D eigenvalue weighted by Crippen LogP contribution is 2.41. The van der Waals surface area contributed by atoms with E-state index in [9.17, 15) is 10.1 Å². The molecule has 2 aromatic heterocycles. The number of rotatable bonds is 15. The van der Waals surface area contributed by atoms with Crippen molar-refractivity contribution in [3.05, 3.63) is 148 Å². The Labute approximate surface area is 350 Å². The minimum atomic E-state index is -1.23. The quantitative estimate of drug-likeness (QED) is 0.0435. The van der Waals surface area contributed by atoms with Crippen molar-refractivity contribution in [2.45, 2.75) is 102 Å². The van der Waals surface area contributed by atoms with E-state index in [0.29, 0.717) is 31.7 Å². The van der Waals surface area contributed by atoms with Crippen LogP contribution in [0.4, 0.5) is 10.5 Å². The second kappa shape index (κ2) is 17.1. The molecule has 0 radical (unpaired) electrons. The molecule has 2 saturated heterocycles. The molecule has 6 aromatic rings. The Morgan fingerprint density at radius 1 is 0.800 bits per heavy atom. The molecule has 0 N–H and O–H groups in total. The number of aromatic nitrogens is 5. The van der Waals surface area contributed by atoms with Crippen LogP contribution in [0.15, 0.2) is 116 Å². The van der Waals surface area contributed by atoms with E-state index in [-0.39, 0.29) is 30.5 Å². The Kier molecular flexibility index (Phi) is 11.7. The molecular formula is C45H52N8O6Si. The minimum absolute atomic E-state index is 0.122. The van der Waals surface area contributed by atoms with Gasteiger partial charge < -0.3 is 24.0 Å². The lowest BCUT2D eigenvalue weighted by Gasteiger charge is -2.37. The smallest absolute Gasteiger partial charge is 0.321 e. The van der Waals surface area contributed by atoms with Crippen LogP contribution in [0.5, 0.6) is 0 Å². The summed E-state index contributed by atoms with van der Waals surface area (Å²) < 4.78 is 23.1. The third-order valence-corrected chi connectivity index (χ3v) is 13.0. The van der Waals surface area contributed by atoms with Crippen LogP contribution >= 0.6 is 0 Å². The number of amides is 2. The Bertz CT molecular complexity index is 2420. The summed E-state index contributed by atoms with van der Waals surface area (Å²) in [6.45, 7) is 12.4. The van der Waals surface area contributed by atoms with Crippen molar-refractivity contribution >= 4 is 30.7 Å². The summed E-state index contributed by atoms with van der Waals surface area (Å²) in [5.41, 5.74) is 4.82. The third-order valence-electron chi connectivity index (χ3n) is 11.3. The summed E-state index contributed by atoms with van der Waals surface area (Å²) in [6, 6.07) is 31.3. The van der Waals surface area contributed by atoms with E-state index >= 15 is 4.79 Å². The van der Waals surface area contributed by atoms with Crippen molar-refractivity contribution in [2.24, 2.45) is 0 Å². The van der Waals surface area contributed by atoms with Crippen LogP contribution in [0.2, 0.25) is 25.7 Å². The molecule has 2 aliphatic rings. The number of hydrogen-bond acceptors (Lipinski definition) is 9. The van der Waals surface area contributed by atoms with Crippen molar-refractivity contribution in [1.29, 1.82) is 0 Å². The van der Waals surface area contributed by atoms with E-state index in [1.54, 1.807) is 12.1 Å². The molecule has 2 amide bonds. The zero-order valence-electron chi connectivity index (χ0n) is 34.8. The largest absolute Gasteiger partial charge is 0.360 e. The number of nitro groups is 1. The highest BCUT2D eigenvalue weighted by molar-refractivity contribution is 6.76. The van der Waals surface area contributed by atoms with Crippen molar-refractivity contribution in [3.63, 3.8) is 0 Å². The summed E-state index contributed by atoms with van der Waals surface area (Å²) in [5, 5.41) is 22.0. The SMILES string of the molecule is CC1(C)O[C@@H]2[C@@H](O1)[C@@H](Cc1ccccc1)N(Cc1ccc3c(cnn3COCC[Si](C)(C)C)c1)C(=O)N(Cc1ccc([N+](=O)[O-])c(-n3cncn3)c1)[C@@H]2Cc1ccccc1. The van der Waals surface area contributed by atoms with Gasteiger partial charge >= 0.3 is 6.03 Å². The van der Waals surface area contributed by atoms with Crippen molar-refractivity contribution in [3.8, 4) is 5.69 Å². The van der Waals surface area contributed by atoms with Gasteiger partial charge in [0.25, 0.3) is 5.69 Å². The Morgan fingerprint density at radius 3 is 1.97 bits per heavy atom. The lowest BCUT2D eigenvalue weighted by atomic mass is 9.91. The third kappa shape index (κ3) is 9.19. The average molecular weight is 829 g/mol. The summed E-state index contributed by atoms with van der Waals surface area (Å²) in [7, 11) is -1.23. The average Bonchev–Trinajstić information content (AvgIpc) is 3.97. The summed E-state index contributed by atoms with van der Waals surface area (Å²) >= 11 is 0. The van der Waals surface area contributed by atoms with Crippen LogP contribution in [0.25, 0.3) is 16.6 Å². The van der Waals surface area contributed by atoms with E-state index in [0.717, 1.165) is 33.6 Å². The van der Waals surface area contributed by atoms with Gasteiger partial charge in [-0.1, -0.05) is 92.4 Å². The Balaban J connectivity index is 1.20. The van der Waals surface area contributed by atoms with Gasteiger partial charge in [-0.25, -0.2) is 19.1 Å². The second-order valence-corrected chi connectivity index (χ2v) is 23.0. The van der Waals surface area contributed by atoms with Gasteiger partial charge in [0.1, 0.15) is 37.3 Å². The van der Waals surface area contributed by atoms with Gasteiger partial charge in [0.15, 0.2) is 5.79 Å². The van der Waals surface area contributed by atoms with Crippen LogP contribution in [-0.2, 0) is 46.9 Å². The zero-order valence-corrected chi connectivity index (χ0v) is 35.8. The fourth-order valence-electron chi connectivity index (χ4n) is 8.35. The summed E-state index contributed by atoms with van der Waals surface area (Å²) in [4.78, 5) is 35.3. The number of hydrogen-bond donors (Lipinski definition) is 0. The van der Waals surface area contributed by atoms with E-state index in [4.69, 9.17) is 14.2 Å². The maximum Gasteiger partial charge on any atom is 0.321 e. The number of ether oxygens (including phenoxy) is 3. The normalized spacial score (nSPS) is 20.4. The molecular weight excluding hydrogens is 777 g/mol. The van der Waals surface area contributed by atoms with E-state index in [1.807, 2.05) is 77.0 Å². The van der Waals surface area contributed by atoms with Gasteiger partial charge in [-0.2, -0.15) is 10.2 Å². The summed E-state index contributed by atoms with van der Waals surface area (Å²) in [6.07, 6.45) is 4.62. The molecule has 60 heavy (non-hydrogen) atoms. The maximum absolute atomic E-state index is 15.7. The molecule has 4 aromatic carbocycles. The molecule has 2 aliphatic heterocycles. The summed E-state index contributed by atoms with van der Waals surface area (Å²) in [5.74, 6) is -0.935. The Morgan fingerprint density at radius 2 is 1.40 bits per heavy atom. The molecule has 14 nitrogen and oxygen atoms in total. The van der Waals surface area contributed by atoms with Crippen LogP contribution in [0, 0.1) is 10.1 Å². The molecule has 312 valence electrons. The predicted octanol–water partition coefficient (Wildman–Crippen LogP) is 8.02. The van der Waals surface area contributed by atoms with Gasteiger partial charge in [0.2, 0.25) is 0 Å². The fourth-order valence-corrected chi connectivity index (χ4v) is 9.10. The highest BCUT2D eigenvalue weighted by atomic mass is 28.3. The van der Waals surface area contributed by atoms with Crippen molar-refractivity contribution in [1.82, 2.24) is 34.3 Å². The van der Waals surface area contributed by atoms with E-state index in [1.165, 1.54) is 23.4 Å². The Hall–Kier alpha value is -5.74. The van der Waals surface area contributed by atoms with Gasteiger partial charge in [0, 0.05) is 39.2 Å². The first kappa shape index (κ1) is 41.0. The standard InChI is InChI=1S/C45H52N8O6Si/c1-45(2)58-42-40(23-32-12-8-6-9-13-32)49(27-34-16-18-37-36(22-34)26-47-52(37)31-57-20-21-60(3,4)5)44(54)50(41(43(42)59-45)24-33-14-10-7-11-15-33)28-35-17-19-38(53(55)56)39(25-35)51-30-46-29-48-51/h6-19,22,25-26,29-30,40-43H,20-21,23-24,27-28,31H2,1-5H3/t40-,41-,42+,43+/m1/s1. The van der Waals surface area contributed by atoms with Gasteiger partial charge in [-0.15, -0.1) is 0 Å². The number of carbonyl (C=O) groups excluding carboxylic acids is 1. The molecule has 15 heteroatoms. The highest BCUT2D eigenvalue weighted by Gasteiger charge is 2.55. The van der Waals surface area contributed by atoms with Gasteiger partial charge in [-0.05, 0) is 73.2 Å². The minimum Gasteiger partial charge on any atom is -0.360 e. The maximum atomic E-state index is 15.7. The van der Waals surface area contributed by atoms with Crippen LogP contribution in [-0.4, -0.2) is 90.1 Å². The topological polar surface area (TPSA) is 143 Å². The number of nitrogens with zero attached hydrogens (tertiary/aromatic N) is 8. The number of nitro benzene ring substituents is 1. The first-order valence-corrected chi connectivity index (χ1v) is 24.2. The molecule has 2 fully saturated rings. The molecule has 0 saturated carbocycles. The van der Waals surface area contributed by atoms with Crippen LogP contribution in [0.1, 0.15) is 36.1 Å². The number of urea groups is 1. The lowest BCUT2D eigenvalue weighted by molar-refractivity contribution is -0.384. The number of benzene rings is 4.